The van der Waals surface area contributed by atoms with Gasteiger partial charge in [-0.3, -0.25) is 4.72 Å². The van der Waals surface area contributed by atoms with Gasteiger partial charge in [-0.1, -0.05) is 0 Å². The van der Waals surface area contributed by atoms with E-state index >= 15 is 0 Å². The first kappa shape index (κ1) is 25.3. The summed E-state index contributed by atoms with van der Waals surface area (Å²) in [4.78, 5) is 18.2. The van der Waals surface area contributed by atoms with E-state index in [1.165, 1.54) is 11.3 Å². The molecular formula is C22H27F2N7O2S2. The third kappa shape index (κ3) is 6.47. The highest BCUT2D eigenvalue weighted by molar-refractivity contribution is 7.86. The van der Waals surface area contributed by atoms with Gasteiger partial charge in [0.2, 0.25) is 11.8 Å². The molecule has 35 heavy (non-hydrogen) atoms. The summed E-state index contributed by atoms with van der Waals surface area (Å²) in [5.41, 5.74) is 1.35. The fraction of sp³-hybridized carbons (Fsp3) is 0.455. The highest BCUT2D eigenvalue weighted by atomic mass is 32.2. The minimum absolute atomic E-state index is 0.0494. The summed E-state index contributed by atoms with van der Waals surface area (Å²) < 4.78 is 48.5. The van der Waals surface area contributed by atoms with Crippen molar-refractivity contribution >= 4 is 34.1 Å². The van der Waals surface area contributed by atoms with Gasteiger partial charge in [-0.2, -0.15) is 0 Å². The second kappa shape index (κ2) is 10.5. The Morgan fingerprint density at radius 3 is 2.80 bits per heavy atom. The van der Waals surface area contributed by atoms with Gasteiger partial charge in [-0.05, 0) is 45.4 Å². The molecule has 0 bridgehead atoms. The maximum absolute atomic E-state index is 13.7. The molecule has 3 aromatic rings. The quantitative estimate of drug-likeness (QED) is 0.401. The number of anilines is 2. The molecule has 0 saturated carbocycles. The Morgan fingerprint density at radius 1 is 1.29 bits per heavy atom. The summed E-state index contributed by atoms with van der Waals surface area (Å²) in [7, 11) is -1.24. The lowest BCUT2D eigenvalue weighted by Gasteiger charge is -2.30. The third-order valence-electron chi connectivity index (χ3n) is 5.15. The number of alkyl halides is 2. The van der Waals surface area contributed by atoms with Crippen LogP contribution in [0.4, 0.5) is 20.5 Å². The molecule has 0 radical (unpaired) electrons. The molecule has 3 aromatic heterocycles. The Morgan fingerprint density at radius 2 is 2.09 bits per heavy atom. The van der Waals surface area contributed by atoms with Gasteiger partial charge in [0.15, 0.2) is 5.75 Å². The monoisotopic (exact) mass is 523 g/mol. The fourth-order valence-electron chi connectivity index (χ4n) is 3.44. The van der Waals surface area contributed by atoms with Gasteiger partial charge >= 0.3 is 0 Å². The van der Waals surface area contributed by atoms with Crippen molar-refractivity contribution < 1.29 is 17.7 Å². The number of rotatable bonds is 8. The zero-order valence-electron chi connectivity index (χ0n) is 19.8. The minimum Gasteiger partial charge on any atom is -0.436 e. The molecule has 0 aromatic carbocycles. The lowest BCUT2D eigenvalue weighted by atomic mass is 10.0. The first-order valence-corrected chi connectivity index (χ1v) is 13.1. The van der Waals surface area contributed by atoms with E-state index in [2.05, 4.69) is 35.3 Å². The summed E-state index contributed by atoms with van der Waals surface area (Å²) in [6.07, 6.45) is 2.83. The number of nitrogens with one attached hydrogen (secondary N) is 3. The smallest absolute Gasteiger partial charge is 0.262 e. The number of hydrogen-bond donors (Lipinski definition) is 3. The molecule has 1 aliphatic heterocycles. The Bertz CT molecular complexity index is 1220. The molecule has 0 amide bonds. The Hall–Kier alpha value is -2.77. The lowest BCUT2D eigenvalue weighted by Crippen LogP contribution is -2.49. The minimum atomic E-state index is -2.77. The van der Waals surface area contributed by atoms with Crippen LogP contribution in [0.25, 0.3) is 10.6 Å². The number of ether oxygens (including phenoxy) is 1. The summed E-state index contributed by atoms with van der Waals surface area (Å²) in [6, 6.07) is 2.99. The molecule has 9 nitrogen and oxygen atoms in total. The van der Waals surface area contributed by atoms with E-state index in [0.717, 1.165) is 10.6 Å². The zero-order valence-corrected chi connectivity index (χ0v) is 21.4. The molecule has 1 saturated heterocycles. The van der Waals surface area contributed by atoms with Crippen LogP contribution >= 0.6 is 11.3 Å². The number of hydrogen-bond acceptors (Lipinski definition) is 9. The van der Waals surface area contributed by atoms with Gasteiger partial charge in [-0.15, -0.1) is 11.3 Å². The molecule has 2 atom stereocenters. The summed E-state index contributed by atoms with van der Waals surface area (Å²) in [6.45, 7) is 7.51. The third-order valence-corrected chi connectivity index (χ3v) is 7.39. The molecule has 13 heteroatoms. The molecule has 188 valence electrons. The van der Waals surface area contributed by atoms with Crippen molar-refractivity contribution in [1.82, 2.24) is 25.3 Å². The van der Waals surface area contributed by atoms with Gasteiger partial charge in [0.05, 0.1) is 23.4 Å². The normalized spacial score (nSPS) is 18.3. The van der Waals surface area contributed by atoms with Crippen molar-refractivity contribution in [3.05, 3.63) is 35.1 Å². The van der Waals surface area contributed by atoms with Crippen LogP contribution in [-0.4, -0.2) is 54.4 Å². The topological polar surface area (TPSA) is 114 Å². The van der Waals surface area contributed by atoms with E-state index in [1.807, 2.05) is 27.7 Å². The second-order valence-electron chi connectivity index (χ2n) is 8.55. The van der Waals surface area contributed by atoms with Crippen molar-refractivity contribution in [2.45, 2.75) is 51.3 Å². The van der Waals surface area contributed by atoms with Crippen LogP contribution in [0.2, 0.25) is 0 Å². The number of halogens is 2. The number of aromatic nitrogens is 4. The van der Waals surface area contributed by atoms with Crippen molar-refractivity contribution in [3.8, 4) is 22.2 Å². The van der Waals surface area contributed by atoms with Gasteiger partial charge < -0.3 is 15.4 Å². The molecule has 2 unspecified atom stereocenters. The maximum Gasteiger partial charge on any atom is 0.262 e. The summed E-state index contributed by atoms with van der Waals surface area (Å²) in [5.74, 6) is -1.16. The number of piperidine rings is 1. The number of aryl methyl sites for hydroxylation is 2. The van der Waals surface area contributed by atoms with Crippen LogP contribution in [0, 0.1) is 13.8 Å². The predicted octanol–water partition coefficient (Wildman–Crippen LogP) is 4.30. The molecule has 4 heterocycles. The zero-order chi connectivity index (χ0) is 25.2. The van der Waals surface area contributed by atoms with Gasteiger partial charge in [0.25, 0.3) is 5.92 Å². The molecular weight excluding hydrogens is 496 g/mol. The number of pyridine rings is 1. The van der Waals surface area contributed by atoms with Crippen molar-refractivity contribution in [2.24, 2.45) is 0 Å². The Kier molecular flexibility index (Phi) is 7.57. The van der Waals surface area contributed by atoms with E-state index in [-0.39, 0.29) is 24.2 Å². The summed E-state index contributed by atoms with van der Waals surface area (Å²) >= 11 is 1.40. The van der Waals surface area contributed by atoms with Gasteiger partial charge in [0, 0.05) is 30.5 Å². The molecule has 0 spiro atoms. The van der Waals surface area contributed by atoms with E-state index in [1.54, 1.807) is 24.5 Å². The van der Waals surface area contributed by atoms with Crippen LogP contribution in [0.1, 0.15) is 30.8 Å². The second-order valence-corrected chi connectivity index (χ2v) is 11.5. The SMILES string of the molecule is Cc1nc(Oc2cnc(NS(=O)C(C)C)cc2C)c(-c2ccnc(NC3CNCC(F)(F)C3)n2)s1. The van der Waals surface area contributed by atoms with Crippen LogP contribution in [-0.2, 0) is 11.0 Å². The lowest BCUT2D eigenvalue weighted by molar-refractivity contribution is -0.0244. The molecule has 1 fully saturated rings. The average Bonchev–Trinajstić information content (AvgIpc) is 3.15. The summed E-state index contributed by atoms with van der Waals surface area (Å²) in [5, 5.41) is 6.46. The van der Waals surface area contributed by atoms with Crippen molar-refractivity contribution in [3.63, 3.8) is 0 Å². The molecule has 4 rings (SSSR count). The first-order valence-electron chi connectivity index (χ1n) is 11.1. The highest BCUT2D eigenvalue weighted by Gasteiger charge is 2.36. The van der Waals surface area contributed by atoms with Crippen LogP contribution < -0.4 is 20.1 Å². The maximum atomic E-state index is 13.7. The van der Waals surface area contributed by atoms with Crippen LogP contribution in [0.5, 0.6) is 11.6 Å². The number of thiazole rings is 1. The van der Waals surface area contributed by atoms with Crippen molar-refractivity contribution in [2.75, 3.05) is 23.1 Å². The largest absolute Gasteiger partial charge is 0.436 e. The molecule has 0 aliphatic carbocycles. The van der Waals surface area contributed by atoms with Crippen LogP contribution in [0.3, 0.4) is 0 Å². The number of nitrogens with zero attached hydrogens (tertiary/aromatic N) is 4. The fourth-order valence-corrected chi connectivity index (χ4v) is 4.81. The van der Waals surface area contributed by atoms with Crippen LogP contribution in [0.15, 0.2) is 24.5 Å². The molecule has 3 N–H and O–H groups in total. The van der Waals surface area contributed by atoms with Gasteiger partial charge in [0.1, 0.15) is 21.7 Å². The van der Waals surface area contributed by atoms with E-state index in [4.69, 9.17) is 4.74 Å². The Labute approximate surface area is 208 Å². The highest BCUT2D eigenvalue weighted by Crippen LogP contribution is 2.38. The Balaban J connectivity index is 1.53. The van der Waals surface area contributed by atoms with Gasteiger partial charge in [-0.25, -0.2) is 32.9 Å². The van der Waals surface area contributed by atoms with E-state index < -0.39 is 22.9 Å². The first-order chi connectivity index (χ1) is 16.6. The standard InChI is InChI=1S/C22H27F2N7O2S2/c1-12(2)35(32)31-18-7-13(3)17(10-27-18)33-20-19(34-14(4)28-20)16-5-6-26-21(30-16)29-15-8-22(23,24)11-25-9-15/h5-7,10,12,15,25H,8-9,11H2,1-4H3,(H,27,31)(H,26,29,30). The van der Waals surface area contributed by atoms with Crippen molar-refractivity contribution in [1.29, 1.82) is 0 Å². The van der Waals surface area contributed by atoms with E-state index in [9.17, 15) is 13.0 Å². The average molecular weight is 524 g/mol. The van der Waals surface area contributed by atoms with E-state index in [0.29, 0.717) is 34.6 Å². The predicted molar refractivity (Wildman–Crippen MR) is 134 cm³/mol. The molecule has 1 aliphatic rings.